The molecule has 0 aliphatic heterocycles. The summed E-state index contributed by atoms with van der Waals surface area (Å²) in [5.41, 5.74) is 2.04. The van der Waals surface area contributed by atoms with Crippen molar-refractivity contribution >= 4 is 23.4 Å². The Morgan fingerprint density at radius 1 is 1.16 bits per heavy atom. The van der Waals surface area contributed by atoms with Crippen LogP contribution >= 0.6 is 11.6 Å². The summed E-state index contributed by atoms with van der Waals surface area (Å²) in [6.07, 6.45) is 5.24. The number of rotatable bonds is 2. The van der Waals surface area contributed by atoms with Crippen LogP contribution in [0.3, 0.4) is 0 Å². The fourth-order valence-corrected chi connectivity index (χ4v) is 2.45. The number of nitrogens with zero attached hydrogens (tertiary/aromatic N) is 3. The number of nitrogens with one attached hydrogen (secondary N) is 1. The van der Waals surface area contributed by atoms with Crippen LogP contribution in [0, 0.1) is 5.82 Å². The zero-order valence-corrected chi connectivity index (χ0v) is 10.9. The van der Waals surface area contributed by atoms with Gasteiger partial charge in [0.2, 0.25) is 5.95 Å². The highest BCUT2D eigenvalue weighted by molar-refractivity contribution is 6.30. The number of pyridine rings is 1. The molecule has 2 aromatic heterocycles. The molecule has 0 radical (unpaired) electrons. The van der Waals surface area contributed by atoms with Crippen molar-refractivity contribution in [3.8, 4) is 0 Å². The van der Waals surface area contributed by atoms with Crippen LogP contribution < -0.4 is 5.32 Å². The number of aryl methyl sites for hydroxylation is 1. The lowest BCUT2D eigenvalue weighted by Crippen LogP contribution is -2.10. The minimum absolute atomic E-state index is 0.380. The second-order valence-electron chi connectivity index (χ2n) is 4.46. The van der Waals surface area contributed by atoms with E-state index in [4.69, 9.17) is 11.6 Å². The van der Waals surface area contributed by atoms with E-state index in [-0.39, 0.29) is 5.82 Å². The minimum atomic E-state index is -0.380. The van der Waals surface area contributed by atoms with Crippen LogP contribution in [0.15, 0.2) is 18.3 Å². The van der Waals surface area contributed by atoms with Gasteiger partial charge in [-0.3, -0.25) is 0 Å². The standard InChI is InChI=1S/C13H12ClFN4/c14-12-9-3-1-2-4-10(9)17-13(19-12)18-11-6-5-8(15)7-16-11/h5-7H,1-4H2,(H,16,17,18,19). The van der Waals surface area contributed by atoms with Crippen LogP contribution in [0.2, 0.25) is 5.15 Å². The first-order chi connectivity index (χ1) is 9.22. The van der Waals surface area contributed by atoms with Crippen molar-refractivity contribution < 1.29 is 4.39 Å². The summed E-state index contributed by atoms with van der Waals surface area (Å²) in [4.78, 5) is 12.6. The van der Waals surface area contributed by atoms with Crippen molar-refractivity contribution in [3.63, 3.8) is 0 Å². The van der Waals surface area contributed by atoms with Gasteiger partial charge >= 0.3 is 0 Å². The highest BCUT2D eigenvalue weighted by atomic mass is 35.5. The fraction of sp³-hybridized carbons (Fsp3) is 0.308. The SMILES string of the molecule is Fc1ccc(Nc2nc(Cl)c3c(n2)CCCC3)nc1. The van der Waals surface area contributed by atoms with E-state index in [1.54, 1.807) is 0 Å². The van der Waals surface area contributed by atoms with Gasteiger partial charge in [0.05, 0.1) is 11.9 Å². The van der Waals surface area contributed by atoms with Crippen molar-refractivity contribution in [1.82, 2.24) is 15.0 Å². The normalized spacial score (nSPS) is 14.0. The summed E-state index contributed by atoms with van der Waals surface area (Å²) >= 11 is 6.17. The fourth-order valence-electron chi connectivity index (χ4n) is 2.17. The molecule has 0 bridgehead atoms. The minimum Gasteiger partial charge on any atom is -0.309 e. The van der Waals surface area contributed by atoms with E-state index in [9.17, 15) is 4.39 Å². The Morgan fingerprint density at radius 3 is 2.79 bits per heavy atom. The molecule has 3 rings (SSSR count). The molecule has 0 unspecified atom stereocenters. The molecule has 1 aliphatic rings. The molecule has 6 heteroatoms. The molecule has 0 fully saturated rings. The second-order valence-corrected chi connectivity index (χ2v) is 4.82. The topological polar surface area (TPSA) is 50.7 Å². The molecule has 98 valence electrons. The first kappa shape index (κ1) is 12.3. The molecule has 0 aromatic carbocycles. The van der Waals surface area contributed by atoms with E-state index in [0.717, 1.165) is 43.1 Å². The first-order valence-electron chi connectivity index (χ1n) is 6.16. The third-order valence-corrected chi connectivity index (χ3v) is 3.41. The maximum Gasteiger partial charge on any atom is 0.230 e. The lowest BCUT2D eigenvalue weighted by atomic mass is 9.97. The van der Waals surface area contributed by atoms with Gasteiger partial charge in [-0.1, -0.05) is 11.6 Å². The number of anilines is 2. The quantitative estimate of drug-likeness (QED) is 0.857. The average Bonchev–Trinajstić information content (AvgIpc) is 2.42. The van der Waals surface area contributed by atoms with E-state index in [2.05, 4.69) is 20.3 Å². The van der Waals surface area contributed by atoms with Crippen molar-refractivity contribution in [3.05, 3.63) is 40.6 Å². The molecule has 19 heavy (non-hydrogen) atoms. The summed E-state index contributed by atoms with van der Waals surface area (Å²) in [6.45, 7) is 0. The maximum absolute atomic E-state index is 12.8. The summed E-state index contributed by atoms with van der Waals surface area (Å²) in [7, 11) is 0. The Hall–Kier alpha value is -1.75. The molecular weight excluding hydrogens is 267 g/mol. The molecule has 2 aromatic rings. The van der Waals surface area contributed by atoms with E-state index in [1.807, 2.05) is 0 Å². The molecule has 2 heterocycles. The van der Waals surface area contributed by atoms with Crippen molar-refractivity contribution in [2.75, 3.05) is 5.32 Å². The molecule has 0 saturated heterocycles. The van der Waals surface area contributed by atoms with Gasteiger partial charge in [-0.2, -0.15) is 0 Å². The van der Waals surface area contributed by atoms with Crippen molar-refractivity contribution in [2.45, 2.75) is 25.7 Å². The van der Waals surface area contributed by atoms with Crippen molar-refractivity contribution in [1.29, 1.82) is 0 Å². The number of hydrogen-bond donors (Lipinski definition) is 1. The predicted molar refractivity (Wildman–Crippen MR) is 71.2 cm³/mol. The predicted octanol–water partition coefficient (Wildman–Crippen LogP) is 3.29. The van der Waals surface area contributed by atoms with Crippen LogP contribution in [0.25, 0.3) is 0 Å². The van der Waals surface area contributed by atoms with Crippen LogP contribution in [0.1, 0.15) is 24.1 Å². The maximum atomic E-state index is 12.8. The zero-order valence-electron chi connectivity index (χ0n) is 10.2. The van der Waals surface area contributed by atoms with Crippen LogP contribution in [-0.2, 0) is 12.8 Å². The Morgan fingerprint density at radius 2 is 2.00 bits per heavy atom. The van der Waals surface area contributed by atoms with Crippen LogP contribution in [0.5, 0.6) is 0 Å². The average molecular weight is 279 g/mol. The van der Waals surface area contributed by atoms with Gasteiger partial charge < -0.3 is 5.32 Å². The van der Waals surface area contributed by atoms with E-state index < -0.39 is 0 Å². The van der Waals surface area contributed by atoms with Gasteiger partial charge in [0.1, 0.15) is 16.8 Å². The highest BCUT2D eigenvalue weighted by Crippen LogP contribution is 2.26. The first-order valence-corrected chi connectivity index (χ1v) is 6.54. The molecule has 0 saturated carbocycles. The van der Waals surface area contributed by atoms with Crippen molar-refractivity contribution in [2.24, 2.45) is 0 Å². The van der Waals surface area contributed by atoms with Gasteiger partial charge in [0.15, 0.2) is 0 Å². The summed E-state index contributed by atoms with van der Waals surface area (Å²) in [5, 5.41) is 3.43. The molecule has 1 N–H and O–H groups in total. The Labute approximate surface area is 115 Å². The van der Waals surface area contributed by atoms with Gasteiger partial charge in [-0.05, 0) is 37.8 Å². The highest BCUT2D eigenvalue weighted by Gasteiger charge is 2.16. The summed E-state index contributed by atoms with van der Waals surface area (Å²) < 4.78 is 12.8. The van der Waals surface area contributed by atoms with Gasteiger partial charge in [-0.25, -0.2) is 19.3 Å². The third-order valence-electron chi connectivity index (χ3n) is 3.10. The Balaban J connectivity index is 1.89. The molecule has 0 amide bonds. The largest absolute Gasteiger partial charge is 0.309 e. The summed E-state index contributed by atoms with van der Waals surface area (Å²) in [6, 6.07) is 2.86. The third kappa shape index (κ3) is 2.66. The van der Waals surface area contributed by atoms with Gasteiger partial charge in [0.25, 0.3) is 0 Å². The molecule has 4 nitrogen and oxygen atoms in total. The van der Waals surface area contributed by atoms with Crippen LogP contribution in [-0.4, -0.2) is 15.0 Å². The lowest BCUT2D eigenvalue weighted by Gasteiger charge is -2.16. The molecule has 0 spiro atoms. The second kappa shape index (κ2) is 5.09. The van der Waals surface area contributed by atoms with Gasteiger partial charge in [-0.15, -0.1) is 0 Å². The number of halogens is 2. The Kier molecular flexibility index (Phi) is 3.29. The lowest BCUT2D eigenvalue weighted by molar-refractivity contribution is 0.622. The van der Waals surface area contributed by atoms with E-state index in [0.29, 0.717) is 16.9 Å². The smallest absolute Gasteiger partial charge is 0.230 e. The van der Waals surface area contributed by atoms with Gasteiger partial charge in [0, 0.05) is 5.56 Å². The molecule has 0 atom stereocenters. The number of hydrogen-bond acceptors (Lipinski definition) is 4. The zero-order chi connectivity index (χ0) is 13.2. The molecule has 1 aliphatic carbocycles. The van der Waals surface area contributed by atoms with E-state index in [1.165, 1.54) is 12.1 Å². The van der Waals surface area contributed by atoms with E-state index >= 15 is 0 Å². The monoisotopic (exact) mass is 278 g/mol. The number of fused-ring (bicyclic) bond motifs is 1. The summed E-state index contributed by atoms with van der Waals surface area (Å²) in [5.74, 6) is 0.521. The molecular formula is C13H12ClFN4. The van der Waals surface area contributed by atoms with Crippen LogP contribution in [0.4, 0.5) is 16.2 Å². The number of aromatic nitrogens is 3. The Bertz CT molecular complexity index is 600.